The lowest BCUT2D eigenvalue weighted by molar-refractivity contribution is -0.118. The van der Waals surface area contributed by atoms with Gasteiger partial charge in [0.15, 0.2) is 5.43 Å². The molecule has 0 bridgehead atoms. The first kappa shape index (κ1) is 11.9. The Labute approximate surface area is 104 Å². The van der Waals surface area contributed by atoms with Gasteiger partial charge in [-0.2, -0.15) is 0 Å². The molecular formula is C14H11NO3. The summed E-state index contributed by atoms with van der Waals surface area (Å²) < 4.78 is 5.20. The topological polar surface area (TPSA) is 59.3 Å². The second-order valence-corrected chi connectivity index (χ2v) is 3.71. The predicted octanol–water partition coefficient (Wildman–Crippen LogP) is 1.28. The van der Waals surface area contributed by atoms with Crippen LogP contribution in [-0.2, 0) is 4.79 Å². The van der Waals surface area contributed by atoms with Crippen LogP contribution in [0.25, 0.3) is 11.0 Å². The number of carbonyl (C=O) groups excluding carboxylic acids is 1. The third-order valence-corrected chi connectivity index (χ3v) is 2.32. The standard InChI is InChI=1S/C14H11NO3/c1-10(16)15-7-2-3-11-4-5-14-12(9-11)13(17)6-8-18-14/h4-6,8-9H,7H2,1H3,(H,15,16). The van der Waals surface area contributed by atoms with Gasteiger partial charge in [0.2, 0.25) is 5.91 Å². The maximum Gasteiger partial charge on any atom is 0.217 e. The van der Waals surface area contributed by atoms with Crippen molar-refractivity contribution >= 4 is 16.9 Å². The van der Waals surface area contributed by atoms with E-state index in [0.29, 0.717) is 16.5 Å². The van der Waals surface area contributed by atoms with E-state index in [1.165, 1.54) is 19.3 Å². The molecular weight excluding hydrogens is 230 g/mol. The molecule has 0 aliphatic rings. The number of nitrogens with one attached hydrogen (secondary N) is 1. The van der Waals surface area contributed by atoms with Gasteiger partial charge >= 0.3 is 0 Å². The summed E-state index contributed by atoms with van der Waals surface area (Å²) in [4.78, 5) is 22.2. The minimum Gasteiger partial charge on any atom is -0.464 e. The van der Waals surface area contributed by atoms with E-state index in [2.05, 4.69) is 17.2 Å². The summed E-state index contributed by atoms with van der Waals surface area (Å²) in [6, 6.07) is 6.53. The molecule has 18 heavy (non-hydrogen) atoms. The molecule has 0 atom stereocenters. The molecule has 1 N–H and O–H groups in total. The normalized spacial score (nSPS) is 9.61. The highest BCUT2D eigenvalue weighted by molar-refractivity contribution is 5.78. The van der Waals surface area contributed by atoms with Crippen molar-refractivity contribution in [2.24, 2.45) is 0 Å². The van der Waals surface area contributed by atoms with Crippen LogP contribution < -0.4 is 10.7 Å². The van der Waals surface area contributed by atoms with Gasteiger partial charge in [0, 0.05) is 18.6 Å². The van der Waals surface area contributed by atoms with Crippen molar-refractivity contribution < 1.29 is 9.21 Å². The first-order valence-electron chi connectivity index (χ1n) is 5.42. The van der Waals surface area contributed by atoms with Crippen LogP contribution in [0.4, 0.5) is 0 Å². The summed E-state index contributed by atoms with van der Waals surface area (Å²) in [5.41, 5.74) is 1.16. The highest BCUT2D eigenvalue weighted by atomic mass is 16.3. The molecule has 0 aliphatic carbocycles. The maximum atomic E-state index is 11.6. The van der Waals surface area contributed by atoms with Gasteiger partial charge in [-0.25, -0.2) is 0 Å². The number of fused-ring (bicyclic) bond motifs is 1. The van der Waals surface area contributed by atoms with Gasteiger partial charge < -0.3 is 9.73 Å². The molecule has 1 aromatic carbocycles. The lowest BCUT2D eigenvalue weighted by Gasteiger charge is -1.96. The Morgan fingerprint density at radius 1 is 1.39 bits per heavy atom. The van der Waals surface area contributed by atoms with E-state index in [0.717, 1.165) is 0 Å². The average Bonchev–Trinajstić information content (AvgIpc) is 2.35. The highest BCUT2D eigenvalue weighted by Gasteiger charge is 1.99. The molecule has 0 unspecified atom stereocenters. The molecule has 2 rings (SSSR count). The zero-order valence-corrected chi connectivity index (χ0v) is 9.82. The second kappa shape index (κ2) is 5.19. The van der Waals surface area contributed by atoms with Crippen molar-refractivity contribution in [1.82, 2.24) is 5.32 Å². The van der Waals surface area contributed by atoms with Gasteiger partial charge in [-0.15, -0.1) is 0 Å². The Morgan fingerprint density at radius 3 is 3.00 bits per heavy atom. The first-order chi connectivity index (χ1) is 8.66. The van der Waals surface area contributed by atoms with E-state index >= 15 is 0 Å². The minimum absolute atomic E-state index is 0.0956. The monoisotopic (exact) mass is 241 g/mol. The number of rotatable bonds is 1. The van der Waals surface area contributed by atoms with Crippen LogP contribution in [-0.4, -0.2) is 12.5 Å². The summed E-state index contributed by atoms with van der Waals surface area (Å²) in [5.74, 6) is 5.55. The molecule has 2 aromatic rings. The van der Waals surface area contributed by atoms with Crippen LogP contribution in [0.15, 0.2) is 39.7 Å². The molecule has 4 heteroatoms. The molecule has 4 nitrogen and oxygen atoms in total. The van der Waals surface area contributed by atoms with Gasteiger partial charge in [-0.1, -0.05) is 11.8 Å². The van der Waals surface area contributed by atoms with E-state index in [9.17, 15) is 9.59 Å². The summed E-state index contributed by atoms with van der Waals surface area (Å²) in [6.07, 6.45) is 1.37. The molecule has 0 aliphatic heterocycles. The van der Waals surface area contributed by atoms with Crippen LogP contribution >= 0.6 is 0 Å². The molecule has 1 aromatic heterocycles. The fraction of sp³-hybridized carbons (Fsp3) is 0.143. The molecule has 1 amide bonds. The van der Waals surface area contributed by atoms with E-state index in [4.69, 9.17) is 4.42 Å². The van der Waals surface area contributed by atoms with Crippen molar-refractivity contribution in [3.05, 3.63) is 46.3 Å². The quantitative estimate of drug-likeness (QED) is 0.765. The number of benzene rings is 1. The lowest BCUT2D eigenvalue weighted by atomic mass is 10.1. The largest absolute Gasteiger partial charge is 0.464 e. The van der Waals surface area contributed by atoms with Gasteiger partial charge in [-0.3, -0.25) is 9.59 Å². The smallest absolute Gasteiger partial charge is 0.217 e. The summed E-state index contributed by atoms with van der Waals surface area (Å²) in [5, 5.41) is 3.08. The molecule has 0 saturated heterocycles. The fourth-order valence-corrected chi connectivity index (χ4v) is 1.48. The Morgan fingerprint density at radius 2 is 2.22 bits per heavy atom. The van der Waals surface area contributed by atoms with Crippen LogP contribution in [0, 0.1) is 11.8 Å². The van der Waals surface area contributed by atoms with Crippen molar-refractivity contribution in [3.8, 4) is 11.8 Å². The van der Waals surface area contributed by atoms with Gasteiger partial charge in [0.05, 0.1) is 18.2 Å². The second-order valence-electron chi connectivity index (χ2n) is 3.71. The number of hydrogen-bond acceptors (Lipinski definition) is 3. The van der Waals surface area contributed by atoms with E-state index in [1.807, 2.05) is 0 Å². The van der Waals surface area contributed by atoms with Gasteiger partial charge in [-0.05, 0) is 18.2 Å². The first-order valence-corrected chi connectivity index (χ1v) is 5.42. The van der Waals surface area contributed by atoms with Crippen molar-refractivity contribution in [2.45, 2.75) is 6.92 Å². The zero-order valence-electron chi connectivity index (χ0n) is 9.82. The molecule has 0 saturated carbocycles. The van der Waals surface area contributed by atoms with E-state index in [-0.39, 0.29) is 17.9 Å². The Bertz CT molecular complexity index is 704. The molecule has 1 heterocycles. The van der Waals surface area contributed by atoms with Crippen molar-refractivity contribution in [3.63, 3.8) is 0 Å². The van der Waals surface area contributed by atoms with Crippen LogP contribution in [0.2, 0.25) is 0 Å². The number of amides is 1. The number of carbonyl (C=O) groups is 1. The minimum atomic E-state index is -0.122. The molecule has 0 radical (unpaired) electrons. The van der Waals surface area contributed by atoms with Crippen LogP contribution in [0.3, 0.4) is 0 Å². The van der Waals surface area contributed by atoms with Gasteiger partial charge in [0.25, 0.3) is 0 Å². The van der Waals surface area contributed by atoms with Crippen LogP contribution in [0.5, 0.6) is 0 Å². The lowest BCUT2D eigenvalue weighted by Crippen LogP contribution is -2.19. The summed E-state index contributed by atoms with van der Waals surface area (Å²) in [6.45, 7) is 1.72. The predicted molar refractivity (Wildman–Crippen MR) is 68.0 cm³/mol. The summed E-state index contributed by atoms with van der Waals surface area (Å²) >= 11 is 0. The van der Waals surface area contributed by atoms with E-state index < -0.39 is 0 Å². The Balaban J connectivity index is 2.27. The van der Waals surface area contributed by atoms with Gasteiger partial charge in [0.1, 0.15) is 5.58 Å². The maximum absolute atomic E-state index is 11.6. The van der Waals surface area contributed by atoms with E-state index in [1.54, 1.807) is 18.2 Å². The van der Waals surface area contributed by atoms with Crippen molar-refractivity contribution in [1.29, 1.82) is 0 Å². The van der Waals surface area contributed by atoms with Crippen LogP contribution in [0.1, 0.15) is 12.5 Å². The molecule has 90 valence electrons. The number of hydrogen-bond donors (Lipinski definition) is 1. The Kier molecular flexibility index (Phi) is 3.44. The van der Waals surface area contributed by atoms with Crippen molar-refractivity contribution in [2.75, 3.05) is 6.54 Å². The zero-order chi connectivity index (χ0) is 13.0. The molecule has 0 spiro atoms. The SMILES string of the molecule is CC(=O)NCC#Cc1ccc2occc(=O)c2c1. The third kappa shape index (κ3) is 2.77. The third-order valence-electron chi connectivity index (χ3n) is 2.32. The fourth-order valence-electron chi connectivity index (χ4n) is 1.48. The summed E-state index contributed by atoms with van der Waals surface area (Å²) in [7, 11) is 0. The average molecular weight is 241 g/mol. The highest BCUT2D eigenvalue weighted by Crippen LogP contribution is 2.11. The molecule has 0 fully saturated rings. The Hall–Kier alpha value is -2.54.